The predicted molar refractivity (Wildman–Crippen MR) is 90.4 cm³/mol. The number of nitrogens with two attached hydrogens (primary N) is 1. The smallest absolute Gasteiger partial charge is 0.134 e. The highest BCUT2D eigenvalue weighted by atomic mass is 15.0. The molecule has 0 amide bonds. The van der Waals surface area contributed by atoms with Crippen molar-refractivity contribution in [3.63, 3.8) is 0 Å². The van der Waals surface area contributed by atoms with Gasteiger partial charge < -0.3 is 11.1 Å². The van der Waals surface area contributed by atoms with Gasteiger partial charge in [0.25, 0.3) is 0 Å². The second-order valence-corrected chi connectivity index (χ2v) is 6.78. The first-order chi connectivity index (χ1) is 11.3. The van der Waals surface area contributed by atoms with Crippen LogP contribution in [0.15, 0.2) is 30.6 Å². The first kappa shape index (κ1) is 14.6. The average molecular weight is 309 g/mol. The Bertz CT molecular complexity index is 662. The van der Waals surface area contributed by atoms with E-state index >= 15 is 0 Å². The number of hydrogen-bond acceptors (Lipinski definition) is 5. The first-order valence-corrected chi connectivity index (χ1v) is 8.55. The van der Waals surface area contributed by atoms with Gasteiger partial charge in [0, 0.05) is 48.6 Å². The Labute approximate surface area is 136 Å². The number of aromatic nitrogens is 3. The number of anilines is 1. The molecule has 0 spiro atoms. The zero-order chi connectivity index (χ0) is 15.6. The standard InChI is InChI=1S/C18H23N5/c19-15-8-14(9-15)16-10-17(23-18(22-16)13-3-4-13)21-7-5-12-2-1-6-20-11-12/h1-2,6,10-11,13-15H,3-5,7-9,19H2,(H,21,22,23). The Kier molecular flexibility index (Phi) is 3.95. The molecule has 120 valence electrons. The van der Waals surface area contributed by atoms with Crippen LogP contribution in [-0.4, -0.2) is 27.5 Å². The number of hydrogen-bond donors (Lipinski definition) is 2. The molecular formula is C18H23N5. The number of rotatable bonds is 6. The third-order valence-electron chi connectivity index (χ3n) is 4.74. The van der Waals surface area contributed by atoms with Crippen LogP contribution < -0.4 is 11.1 Å². The molecule has 2 fully saturated rings. The molecule has 0 unspecified atom stereocenters. The van der Waals surface area contributed by atoms with Gasteiger partial charge in [-0.25, -0.2) is 9.97 Å². The number of nitrogens with one attached hydrogen (secondary N) is 1. The summed E-state index contributed by atoms with van der Waals surface area (Å²) in [7, 11) is 0. The quantitative estimate of drug-likeness (QED) is 0.857. The van der Waals surface area contributed by atoms with Crippen molar-refractivity contribution in [1.29, 1.82) is 0 Å². The van der Waals surface area contributed by atoms with Crippen molar-refractivity contribution in [2.45, 2.75) is 50.0 Å². The van der Waals surface area contributed by atoms with E-state index < -0.39 is 0 Å². The molecule has 0 atom stereocenters. The van der Waals surface area contributed by atoms with Crippen molar-refractivity contribution in [3.8, 4) is 0 Å². The zero-order valence-electron chi connectivity index (χ0n) is 13.3. The lowest BCUT2D eigenvalue weighted by Crippen LogP contribution is -2.35. The van der Waals surface area contributed by atoms with Crippen molar-refractivity contribution in [2.24, 2.45) is 5.73 Å². The zero-order valence-corrected chi connectivity index (χ0v) is 13.3. The average Bonchev–Trinajstić information content (AvgIpc) is 3.38. The molecule has 0 aromatic carbocycles. The summed E-state index contributed by atoms with van der Waals surface area (Å²) in [5.41, 5.74) is 8.35. The summed E-state index contributed by atoms with van der Waals surface area (Å²) in [6, 6.07) is 6.54. The van der Waals surface area contributed by atoms with E-state index in [1.165, 1.54) is 24.1 Å². The molecule has 5 heteroatoms. The van der Waals surface area contributed by atoms with Crippen LogP contribution in [0.5, 0.6) is 0 Å². The van der Waals surface area contributed by atoms with Gasteiger partial charge in [0.15, 0.2) is 0 Å². The van der Waals surface area contributed by atoms with Crippen LogP contribution in [0.2, 0.25) is 0 Å². The fourth-order valence-corrected chi connectivity index (χ4v) is 3.09. The lowest BCUT2D eigenvalue weighted by Gasteiger charge is -2.32. The van der Waals surface area contributed by atoms with E-state index in [2.05, 4.69) is 22.4 Å². The molecule has 2 aliphatic carbocycles. The molecule has 2 aromatic rings. The second-order valence-electron chi connectivity index (χ2n) is 6.78. The minimum Gasteiger partial charge on any atom is -0.370 e. The summed E-state index contributed by atoms with van der Waals surface area (Å²) in [5, 5.41) is 3.46. The van der Waals surface area contributed by atoms with E-state index in [1.54, 1.807) is 6.20 Å². The molecule has 2 heterocycles. The molecule has 0 bridgehead atoms. The van der Waals surface area contributed by atoms with E-state index in [4.69, 9.17) is 15.7 Å². The van der Waals surface area contributed by atoms with E-state index in [1.807, 2.05) is 12.3 Å². The van der Waals surface area contributed by atoms with Crippen LogP contribution in [0, 0.1) is 0 Å². The van der Waals surface area contributed by atoms with E-state index in [0.717, 1.165) is 37.4 Å². The molecule has 2 aliphatic rings. The third-order valence-corrected chi connectivity index (χ3v) is 4.74. The minimum absolute atomic E-state index is 0.348. The molecule has 2 saturated carbocycles. The van der Waals surface area contributed by atoms with Crippen LogP contribution in [0.1, 0.15) is 54.6 Å². The molecule has 0 radical (unpaired) electrons. The van der Waals surface area contributed by atoms with Crippen LogP contribution in [0.25, 0.3) is 0 Å². The highest BCUT2D eigenvalue weighted by Gasteiger charge is 2.32. The highest BCUT2D eigenvalue weighted by molar-refractivity contribution is 5.39. The summed E-state index contributed by atoms with van der Waals surface area (Å²) >= 11 is 0. The Balaban J connectivity index is 1.44. The van der Waals surface area contributed by atoms with E-state index in [-0.39, 0.29) is 0 Å². The van der Waals surface area contributed by atoms with Crippen LogP contribution in [0.4, 0.5) is 5.82 Å². The molecule has 23 heavy (non-hydrogen) atoms. The van der Waals surface area contributed by atoms with Gasteiger partial charge in [0.2, 0.25) is 0 Å². The number of pyridine rings is 1. The minimum atomic E-state index is 0.348. The SMILES string of the molecule is NC1CC(c2cc(NCCc3cccnc3)nc(C3CC3)n2)C1. The maximum atomic E-state index is 5.93. The molecule has 2 aromatic heterocycles. The highest BCUT2D eigenvalue weighted by Crippen LogP contribution is 2.41. The second kappa shape index (κ2) is 6.24. The van der Waals surface area contributed by atoms with E-state index in [9.17, 15) is 0 Å². The largest absolute Gasteiger partial charge is 0.370 e. The van der Waals surface area contributed by atoms with Gasteiger partial charge in [-0.15, -0.1) is 0 Å². The normalized spacial score (nSPS) is 23.3. The summed E-state index contributed by atoms with van der Waals surface area (Å²) in [6.07, 6.45) is 9.22. The maximum absolute atomic E-state index is 5.93. The van der Waals surface area contributed by atoms with Crippen molar-refractivity contribution < 1.29 is 0 Å². The van der Waals surface area contributed by atoms with Gasteiger partial charge in [-0.3, -0.25) is 4.98 Å². The van der Waals surface area contributed by atoms with Crippen molar-refractivity contribution >= 4 is 5.82 Å². The van der Waals surface area contributed by atoms with Gasteiger partial charge >= 0.3 is 0 Å². The lowest BCUT2D eigenvalue weighted by atomic mass is 9.78. The topological polar surface area (TPSA) is 76.7 Å². The van der Waals surface area contributed by atoms with Crippen molar-refractivity contribution in [2.75, 3.05) is 11.9 Å². The summed E-state index contributed by atoms with van der Waals surface area (Å²) in [4.78, 5) is 13.7. The Morgan fingerprint density at radius 3 is 2.74 bits per heavy atom. The molecule has 0 saturated heterocycles. The molecular weight excluding hydrogens is 286 g/mol. The predicted octanol–water partition coefficient (Wildman–Crippen LogP) is 2.61. The van der Waals surface area contributed by atoms with Crippen molar-refractivity contribution in [1.82, 2.24) is 15.0 Å². The Morgan fingerprint density at radius 2 is 2.04 bits per heavy atom. The van der Waals surface area contributed by atoms with Crippen LogP contribution >= 0.6 is 0 Å². The van der Waals surface area contributed by atoms with Gasteiger partial charge in [-0.05, 0) is 43.7 Å². The van der Waals surface area contributed by atoms with Crippen LogP contribution in [0.3, 0.4) is 0 Å². The monoisotopic (exact) mass is 309 g/mol. The van der Waals surface area contributed by atoms with Gasteiger partial charge in [0.05, 0.1) is 0 Å². The molecule has 3 N–H and O–H groups in total. The first-order valence-electron chi connectivity index (χ1n) is 8.55. The fraction of sp³-hybridized carbons (Fsp3) is 0.500. The summed E-state index contributed by atoms with van der Waals surface area (Å²) in [6.45, 7) is 0.858. The van der Waals surface area contributed by atoms with Gasteiger partial charge in [0.1, 0.15) is 11.6 Å². The molecule has 5 nitrogen and oxygen atoms in total. The Hall–Kier alpha value is -2.01. The Morgan fingerprint density at radius 1 is 1.17 bits per heavy atom. The lowest BCUT2D eigenvalue weighted by molar-refractivity contribution is 0.344. The number of nitrogens with zero attached hydrogens (tertiary/aromatic N) is 3. The maximum Gasteiger partial charge on any atom is 0.134 e. The van der Waals surface area contributed by atoms with Gasteiger partial charge in [-0.1, -0.05) is 6.07 Å². The van der Waals surface area contributed by atoms with Crippen molar-refractivity contribution in [3.05, 3.63) is 47.7 Å². The molecule has 4 rings (SSSR count). The third kappa shape index (κ3) is 3.50. The summed E-state index contributed by atoms with van der Waals surface area (Å²) < 4.78 is 0. The summed E-state index contributed by atoms with van der Waals surface area (Å²) in [5.74, 6) is 3.07. The van der Waals surface area contributed by atoms with E-state index in [0.29, 0.717) is 17.9 Å². The van der Waals surface area contributed by atoms with Crippen LogP contribution in [-0.2, 0) is 6.42 Å². The van der Waals surface area contributed by atoms with Gasteiger partial charge in [-0.2, -0.15) is 0 Å². The molecule has 0 aliphatic heterocycles. The fourth-order valence-electron chi connectivity index (χ4n) is 3.09.